The summed E-state index contributed by atoms with van der Waals surface area (Å²) in [7, 11) is 0. The second kappa shape index (κ2) is 8.91. The van der Waals surface area contributed by atoms with E-state index < -0.39 is 0 Å². The number of halogens is 2. The maximum Gasteiger partial charge on any atom is 0.238 e. The Kier molecular flexibility index (Phi) is 6.60. The summed E-state index contributed by atoms with van der Waals surface area (Å²) in [5.41, 5.74) is 2.40. The molecule has 1 aromatic carbocycles. The van der Waals surface area contributed by atoms with E-state index in [1.54, 1.807) is 0 Å². The van der Waals surface area contributed by atoms with Gasteiger partial charge in [-0.05, 0) is 42.7 Å². The normalized spacial score (nSPS) is 15.3. The van der Waals surface area contributed by atoms with E-state index in [2.05, 4.69) is 63.1 Å². The Morgan fingerprint density at radius 3 is 2.56 bits per heavy atom. The van der Waals surface area contributed by atoms with Gasteiger partial charge in [-0.3, -0.25) is 4.79 Å². The monoisotopic (exact) mass is 422 g/mol. The van der Waals surface area contributed by atoms with Gasteiger partial charge in [0.05, 0.1) is 6.54 Å². The third-order valence-electron chi connectivity index (χ3n) is 4.97. The van der Waals surface area contributed by atoms with Crippen LogP contribution in [0.25, 0.3) is 0 Å². The van der Waals surface area contributed by atoms with Gasteiger partial charge >= 0.3 is 0 Å². The Morgan fingerprint density at radius 2 is 1.88 bits per heavy atom. The van der Waals surface area contributed by atoms with Crippen LogP contribution in [0.1, 0.15) is 43.4 Å². The van der Waals surface area contributed by atoms with Crippen LogP contribution in [-0.4, -0.2) is 27.3 Å². The summed E-state index contributed by atoms with van der Waals surface area (Å²) in [6.07, 6.45) is 7.96. The number of hydrogen-bond acceptors (Lipinski definition) is 1. The first-order chi connectivity index (χ1) is 12.2. The number of alkyl halides is 1. The van der Waals surface area contributed by atoms with Crippen molar-refractivity contribution in [2.75, 3.05) is 5.88 Å². The fourth-order valence-electron chi connectivity index (χ4n) is 3.60. The van der Waals surface area contributed by atoms with Gasteiger partial charge in [0.2, 0.25) is 5.91 Å². The van der Waals surface area contributed by atoms with Gasteiger partial charge in [0.25, 0.3) is 0 Å². The SMILES string of the molecule is O=C(CCl)N(Cc1cccn1Cc1ccc(Br)cc1)C1CCCCC1. The minimum absolute atomic E-state index is 0.0463. The van der Waals surface area contributed by atoms with Crippen LogP contribution in [0.2, 0.25) is 0 Å². The molecule has 1 amide bonds. The number of benzene rings is 1. The summed E-state index contributed by atoms with van der Waals surface area (Å²) in [5.74, 6) is 0.106. The molecule has 0 unspecified atom stereocenters. The van der Waals surface area contributed by atoms with Gasteiger partial charge < -0.3 is 9.47 Å². The van der Waals surface area contributed by atoms with Gasteiger partial charge in [-0.2, -0.15) is 0 Å². The molecule has 5 heteroatoms. The zero-order valence-electron chi connectivity index (χ0n) is 14.3. The van der Waals surface area contributed by atoms with Crippen molar-refractivity contribution in [1.82, 2.24) is 9.47 Å². The summed E-state index contributed by atoms with van der Waals surface area (Å²) < 4.78 is 3.31. The summed E-state index contributed by atoms with van der Waals surface area (Å²) >= 11 is 9.36. The van der Waals surface area contributed by atoms with Gasteiger partial charge in [-0.25, -0.2) is 0 Å². The summed E-state index contributed by atoms with van der Waals surface area (Å²) in [5, 5.41) is 0. The molecule has 0 saturated heterocycles. The van der Waals surface area contributed by atoms with Crippen molar-refractivity contribution in [1.29, 1.82) is 0 Å². The van der Waals surface area contributed by atoms with Crippen molar-refractivity contribution in [2.24, 2.45) is 0 Å². The van der Waals surface area contributed by atoms with E-state index in [0.717, 1.165) is 29.6 Å². The maximum atomic E-state index is 12.4. The molecule has 2 aromatic rings. The Morgan fingerprint density at radius 1 is 1.16 bits per heavy atom. The number of hydrogen-bond donors (Lipinski definition) is 0. The summed E-state index contributed by atoms with van der Waals surface area (Å²) in [4.78, 5) is 14.4. The molecule has 0 radical (unpaired) electrons. The quantitative estimate of drug-likeness (QED) is 0.586. The molecule has 25 heavy (non-hydrogen) atoms. The first-order valence-electron chi connectivity index (χ1n) is 8.91. The van der Waals surface area contributed by atoms with Gasteiger partial charge in [-0.15, -0.1) is 11.6 Å². The van der Waals surface area contributed by atoms with Gasteiger partial charge in [0.15, 0.2) is 0 Å². The molecule has 1 fully saturated rings. The lowest BCUT2D eigenvalue weighted by atomic mass is 9.94. The van der Waals surface area contributed by atoms with Crippen LogP contribution in [0.15, 0.2) is 47.1 Å². The number of carbonyl (C=O) groups excluding carboxylic acids is 1. The van der Waals surface area contributed by atoms with E-state index in [1.165, 1.54) is 24.8 Å². The van der Waals surface area contributed by atoms with Crippen molar-refractivity contribution < 1.29 is 4.79 Å². The Labute approximate surface area is 163 Å². The topological polar surface area (TPSA) is 25.2 Å². The third-order valence-corrected chi connectivity index (χ3v) is 5.73. The largest absolute Gasteiger partial charge is 0.345 e. The first-order valence-corrected chi connectivity index (χ1v) is 10.2. The van der Waals surface area contributed by atoms with E-state index in [1.807, 2.05) is 4.90 Å². The predicted molar refractivity (Wildman–Crippen MR) is 106 cm³/mol. The predicted octanol–water partition coefficient (Wildman–Crippen LogP) is 5.20. The zero-order chi connectivity index (χ0) is 17.6. The minimum Gasteiger partial charge on any atom is -0.345 e. The number of amides is 1. The van der Waals surface area contributed by atoms with Crippen molar-refractivity contribution in [3.05, 3.63) is 58.3 Å². The average molecular weight is 424 g/mol. The molecule has 1 saturated carbocycles. The second-order valence-electron chi connectivity index (χ2n) is 6.70. The smallest absolute Gasteiger partial charge is 0.238 e. The highest BCUT2D eigenvalue weighted by Gasteiger charge is 2.25. The number of carbonyl (C=O) groups is 1. The van der Waals surface area contributed by atoms with Crippen LogP contribution in [0, 0.1) is 0 Å². The third kappa shape index (κ3) is 4.89. The van der Waals surface area contributed by atoms with Crippen molar-refractivity contribution >= 4 is 33.4 Å². The van der Waals surface area contributed by atoms with E-state index in [9.17, 15) is 4.79 Å². The summed E-state index contributed by atoms with van der Waals surface area (Å²) in [6, 6.07) is 12.9. The lowest BCUT2D eigenvalue weighted by Crippen LogP contribution is -2.42. The van der Waals surface area contributed by atoms with E-state index in [-0.39, 0.29) is 11.8 Å². The highest BCUT2D eigenvalue weighted by atomic mass is 79.9. The molecule has 1 aliphatic carbocycles. The van der Waals surface area contributed by atoms with E-state index in [0.29, 0.717) is 12.6 Å². The van der Waals surface area contributed by atoms with Crippen LogP contribution in [0.5, 0.6) is 0 Å². The molecule has 134 valence electrons. The molecule has 0 N–H and O–H groups in total. The second-order valence-corrected chi connectivity index (χ2v) is 7.88. The van der Waals surface area contributed by atoms with Crippen LogP contribution in [0.4, 0.5) is 0 Å². The molecule has 0 atom stereocenters. The number of aromatic nitrogens is 1. The number of rotatable bonds is 6. The van der Waals surface area contributed by atoms with Crippen LogP contribution >= 0.6 is 27.5 Å². The van der Waals surface area contributed by atoms with Crippen molar-refractivity contribution in [3.8, 4) is 0 Å². The molecule has 1 aliphatic rings. The standard InChI is InChI=1S/C20H24BrClN2O/c21-17-10-8-16(9-11-17)14-23-12-4-7-19(23)15-24(20(25)13-22)18-5-2-1-3-6-18/h4,7-12,18H,1-3,5-6,13-15H2. The van der Waals surface area contributed by atoms with Gasteiger partial charge in [0, 0.05) is 29.0 Å². The Hall–Kier alpha value is -1.26. The molecule has 1 heterocycles. The lowest BCUT2D eigenvalue weighted by molar-refractivity contribution is -0.132. The molecular weight excluding hydrogens is 400 g/mol. The van der Waals surface area contributed by atoms with Crippen LogP contribution < -0.4 is 0 Å². The Bertz CT molecular complexity index is 692. The molecule has 0 aliphatic heterocycles. The van der Waals surface area contributed by atoms with Gasteiger partial charge in [-0.1, -0.05) is 47.3 Å². The van der Waals surface area contributed by atoms with E-state index in [4.69, 9.17) is 11.6 Å². The fraction of sp³-hybridized carbons (Fsp3) is 0.450. The number of nitrogens with zero attached hydrogens (tertiary/aromatic N) is 2. The molecule has 3 rings (SSSR count). The van der Waals surface area contributed by atoms with Crippen LogP contribution in [0.3, 0.4) is 0 Å². The van der Waals surface area contributed by atoms with Crippen LogP contribution in [-0.2, 0) is 17.9 Å². The van der Waals surface area contributed by atoms with Crippen molar-refractivity contribution in [2.45, 2.75) is 51.2 Å². The summed E-state index contributed by atoms with van der Waals surface area (Å²) in [6.45, 7) is 1.45. The highest BCUT2D eigenvalue weighted by Crippen LogP contribution is 2.25. The highest BCUT2D eigenvalue weighted by molar-refractivity contribution is 9.10. The molecule has 0 bridgehead atoms. The molecule has 3 nitrogen and oxygen atoms in total. The molecule has 0 spiro atoms. The van der Waals surface area contributed by atoms with Gasteiger partial charge in [0.1, 0.15) is 5.88 Å². The van der Waals surface area contributed by atoms with E-state index >= 15 is 0 Å². The fourth-order valence-corrected chi connectivity index (χ4v) is 4.02. The Balaban J connectivity index is 1.75. The first kappa shape index (κ1) is 18.5. The minimum atomic E-state index is 0.0463. The van der Waals surface area contributed by atoms with Crippen molar-refractivity contribution in [3.63, 3.8) is 0 Å². The molecular formula is C20H24BrClN2O. The zero-order valence-corrected chi connectivity index (χ0v) is 16.7. The molecule has 1 aromatic heterocycles. The maximum absolute atomic E-state index is 12.4. The average Bonchev–Trinajstić information content (AvgIpc) is 3.08. The lowest BCUT2D eigenvalue weighted by Gasteiger charge is -2.34.